The van der Waals surface area contributed by atoms with Crippen LogP contribution in [0.5, 0.6) is 0 Å². The van der Waals surface area contributed by atoms with Gasteiger partial charge in [0.15, 0.2) is 0 Å². The normalized spacial score (nSPS) is 23.7. The number of aliphatic carboxylic acids is 1. The summed E-state index contributed by atoms with van der Waals surface area (Å²) >= 11 is 0. The number of urea groups is 1. The van der Waals surface area contributed by atoms with Crippen LogP contribution in [0.3, 0.4) is 0 Å². The highest BCUT2D eigenvalue weighted by molar-refractivity contribution is 6.25. The summed E-state index contributed by atoms with van der Waals surface area (Å²) in [5.41, 5.74) is 6.39. The summed E-state index contributed by atoms with van der Waals surface area (Å²) in [5, 5.41) is 16.2. The lowest BCUT2D eigenvalue weighted by Gasteiger charge is -2.32. The number of fused-ring (bicyclic) bond motifs is 1. The van der Waals surface area contributed by atoms with E-state index < -0.39 is 53.2 Å². The van der Waals surface area contributed by atoms with Gasteiger partial charge in [0.05, 0.1) is 30.2 Å². The lowest BCUT2D eigenvalue weighted by Crippen LogP contribution is -2.56. The minimum absolute atomic E-state index is 0.0383. The van der Waals surface area contributed by atoms with Crippen molar-refractivity contribution in [1.29, 1.82) is 0 Å². The molecule has 0 spiro atoms. The first-order chi connectivity index (χ1) is 19.1. The standard InChI is InChI=1S/C29H34N4O7/c1-4-16-8-6-9-17(5-2)23(16)33-24(34)20-21(25(33)35)29(27(37)38,14-7-15-31-28(30)39)32-22(20)18-10-12-19(13-11-18)26(36)40-3/h6,8-13,20-22,32H,4-5,7,14-15H2,1-3H3,(H,37,38)(H3,30,31,39). The summed E-state index contributed by atoms with van der Waals surface area (Å²) in [6, 6.07) is 10.4. The maximum atomic E-state index is 14.2. The number of rotatable bonds is 10. The molecule has 2 saturated heterocycles. The van der Waals surface area contributed by atoms with E-state index in [0.29, 0.717) is 29.7 Å². The number of benzene rings is 2. The van der Waals surface area contributed by atoms with Gasteiger partial charge >= 0.3 is 18.0 Å². The Morgan fingerprint density at radius 3 is 2.20 bits per heavy atom. The molecule has 4 amide bonds. The van der Waals surface area contributed by atoms with Crippen molar-refractivity contribution in [2.75, 3.05) is 18.6 Å². The Morgan fingerprint density at radius 1 is 1.05 bits per heavy atom. The Balaban J connectivity index is 1.83. The van der Waals surface area contributed by atoms with E-state index in [1.54, 1.807) is 12.1 Å². The SMILES string of the molecule is CCc1cccc(CC)c1N1C(=O)C2C(c3ccc(C(=O)OC)cc3)NC(CCCNC(N)=O)(C(=O)O)C2C1=O. The van der Waals surface area contributed by atoms with Crippen LogP contribution in [-0.2, 0) is 32.0 Å². The van der Waals surface area contributed by atoms with Crippen LogP contribution >= 0.6 is 0 Å². The van der Waals surface area contributed by atoms with Gasteiger partial charge in [-0.3, -0.25) is 19.7 Å². The molecule has 0 radical (unpaired) electrons. The number of ether oxygens (including phenoxy) is 1. The number of methoxy groups -OCH3 is 1. The highest BCUT2D eigenvalue weighted by Gasteiger charge is 2.68. The summed E-state index contributed by atoms with van der Waals surface area (Å²) in [4.78, 5) is 65.7. The van der Waals surface area contributed by atoms with E-state index >= 15 is 0 Å². The minimum Gasteiger partial charge on any atom is -0.480 e. The number of imide groups is 1. The van der Waals surface area contributed by atoms with Crippen LogP contribution in [0.1, 0.15) is 59.8 Å². The second-order valence-electron chi connectivity index (χ2n) is 10.1. The summed E-state index contributed by atoms with van der Waals surface area (Å²) in [5.74, 6) is -5.06. The molecule has 2 fully saturated rings. The summed E-state index contributed by atoms with van der Waals surface area (Å²) in [6.07, 6.45) is 1.32. The highest BCUT2D eigenvalue weighted by Crippen LogP contribution is 2.52. The number of esters is 1. The van der Waals surface area contributed by atoms with Gasteiger partial charge in [-0.05, 0) is 54.5 Å². The van der Waals surface area contributed by atoms with E-state index in [4.69, 9.17) is 10.5 Å². The molecule has 4 atom stereocenters. The van der Waals surface area contributed by atoms with Crippen LogP contribution in [-0.4, -0.2) is 54.1 Å². The van der Waals surface area contributed by atoms with Gasteiger partial charge in [-0.1, -0.05) is 44.2 Å². The summed E-state index contributed by atoms with van der Waals surface area (Å²) in [7, 11) is 1.27. The first-order valence-electron chi connectivity index (χ1n) is 13.3. The van der Waals surface area contributed by atoms with Crippen molar-refractivity contribution in [3.05, 3.63) is 64.7 Å². The zero-order valence-corrected chi connectivity index (χ0v) is 22.7. The third-order valence-electron chi connectivity index (χ3n) is 7.96. The predicted molar refractivity (Wildman–Crippen MR) is 146 cm³/mol. The van der Waals surface area contributed by atoms with Gasteiger partial charge in [0.2, 0.25) is 11.8 Å². The monoisotopic (exact) mass is 550 g/mol. The smallest absolute Gasteiger partial charge is 0.337 e. The highest BCUT2D eigenvalue weighted by atomic mass is 16.5. The molecule has 40 heavy (non-hydrogen) atoms. The number of carboxylic acid groups (broad SMARTS) is 1. The summed E-state index contributed by atoms with van der Waals surface area (Å²) in [6.45, 7) is 3.97. The molecule has 0 aromatic heterocycles. The number of hydrogen-bond donors (Lipinski definition) is 4. The van der Waals surface area contributed by atoms with Crippen LogP contribution < -0.4 is 21.3 Å². The van der Waals surface area contributed by atoms with Crippen LogP contribution in [0.15, 0.2) is 42.5 Å². The Hall–Kier alpha value is -4.25. The molecule has 2 heterocycles. The van der Waals surface area contributed by atoms with Crippen LogP contribution in [0.2, 0.25) is 0 Å². The van der Waals surface area contributed by atoms with E-state index in [1.807, 2.05) is 32.0 Å². The van der Waals surface area contributed by atoms with E-state index in [1.165, 1.54) is 24.1 Å². The fraction of sp³-hybridized carbons (Fsp3) is 0.414. The van der Waals surface area contributed by atoms with Gasteiger partial charge in [-0.25, -0.2) is 14.5 Å². The second kappa shape index (κ2) is 11.5. The molecule has 11 nitrogen and oxygen atoms in total. The van der Waals surface area contributed by atoms with Crippen molar-refractivity contribution in [2.45, 2.75) is 51.1 Å². The largest absolute Gasteiger partial charge is 0.480 e. The van der Waals surface area contributed by atoms with Gasteiger partial charge in [0.1, 0.15) is 5.54 Å². The average Bonchev–Trinajstić information content (AvgIpc) is 3.43. The molecule has 2 aromatic carbocycles. The molecule has 212 valence electrons. The summed E-state index contributed by atoms with van der Waals surface area (Å²) < 4.78 is 4.77. The van der Waals surface area contributed by atoms with Crippen molar-refractivity contribution in [1.82, 2.24) is 10.6 Å². The van der Waals surface area contributed by atoms with Gasteiger partial charge in [0, 0.05) is 12.6 Å². The number of carbonyl (C=O) groups is 5. The Labute approximate surface area is 232 Å². The fourth-order valence-corrected chi connectivity index (χ4v) is 6.07. The molecule has 4 unspecified atom stereocenters. The van der Waals surface area contributed by atoms with Crippen molar-refractivity contribution >= 4 is 35.5 Å². The molecule has 2 aliphatic heterocycles. The van der Waals surface area contributed by atoms with E-state index in [2.05, 4.69) is 10.6 Å². The quantitative estimate of drug-likeness (QED) is 0.199. The van der Waals surface area contributed by atoms with Crippen molar-refractivity contribution in [3.63, 3.8) is 0 Å². The van der Waals surface area contributed by atoms with Crippen LogP contribution in [0.4, 0.5) is 10.5 Å². The third-order valence-corrected chi connectivity index (χ3v) is 7.96. The molecule has 2 aromatic rings. The number of primary amides is 1. The topological polar surface area (TPSA) is 168 Å². The van der Waals surface area contributed by atoms with Crippen molar-refractivity contribution < 1.29 is 33.8 Å². The average molecular weight is 551 g/mol. The van der Waals surface area contributed by atoms with Gasteiger partial charge < -0.3 is 20.9 Å². The molecular formula is C29H34N4O7. The number of carboxylic acids is 1. The maximum Gasteiger partial charge on any atom is 0.337 e. The number of amides is 4. The zero-order valence-electron chi connectivity index (χ0n) is 22.7. The molecule has 0 saturated carbocycles. The second-order valence-corrected chi connectivity index (χ2v) is 10.1. The number of carbonyl (C=O) groups excluding carboxylic acids is 4. The lowest BCUT2D eigenvalue weighted by molar-refractivity contribution is -0.149. The Morgan fingerprint density at radius 2 is 1.68 bits per heavy atom. The number of aryl methyl sites for hydroxylation is 2. The molecule has 2 aliphatic rings. The third kappa shape index (κ3) is 4.81. The number of anilines is 1. The first-order valence-corrected chi connectivity index (χ1v) is 13.3. The first kappa shape index (κ1) is 28.8. The Kier molecular flexibility index (Phi) is 8.24. The maximum absolute atomic E-state index is 14.2. The van der Waals surface area contributed by atoms with E-state index in [-0.39, 0.29) is 19.4 Å². The van der Waals surface area contributed by atoms with Crippen molar-refractivity contribution in [2.24, 2.45) is 17.6 Å². The molecule has 4 rings (SSSR count). The number of nitrogens with zero attached hydrogens (tertiary/aromatic N) is 1. The lowest BCUT2D eigenvalue weighted by atomic mass is 9.77. The van der Waals surface area contributed by atoms with Crippen molar-refractivity contribution in [3.8, 4) is 0 Å². The van der Waals surface area contributed by atoms with Gasteiger partial charge in [-0.2, -0.15) is 0 Å². The van der Waals surface area contributed by atoms with E-state index in [0.717, 1.165) is 11.1 Å². The molecular weight excluding hydrogens is 516 g/mol. The predicted octanol–water partition coefficient (Wildman–Crippen LogP) is 2.32. The van der Waals surface area contributed by atoms with Gasteiger partial charge in [0.25, 0.3) is 0 Å². The van der Waals surface area contributed by atoms with E-state index in [9.17, 15) is 29.1 Å². The zero-order chi connectivity index (χ0) is 29.2. The number of nitrogens with one attached hydrogen (secondary N) is 2. The Bertz CT molecular complexity index is 1320. The number of para-hydroxylation sites is 1. The molecule has 0 bridgehead atoms. The van der Waals surface area contributed by atoms with Crippen LogP contribution in [0, 0.1) is 11.8 Å². The molecule has 0 aliphatic carbocycles. The fourth-order valence-electron chi connectivity index (χ4n) is 6.07. The number of nitrogens with two attached hydrogens (primary N) is 1. The number of hydrogen-bond acceptors (Lipinski definition) is 7. The minimum atomic E-state index is -1.79. The van der Waals surface area contributed by atoms with Gasteiger partial charge in [-0.15, -0.1) is 0 Å². The molecule has 5 N–H and O–H groups in total. The molecule has 11 heteroatoms. The van der Waals surface area contributed by atoms with Crippen LogP contribution in [0.25, 0.3) is 0 Å².